The van der Waals surface area contributed by atoms with Gasteiger partial charge in [-0.3, -0.25) is 9.59 Å². The molecule has 2 N–H and O–H groups in total. The highest BCUT2D eigenvalue weighted by Crippen LogP contribution is 2.34. The molecule has 2 aromatic heterocycles. The van der Waals surface area contributed by atoms with Gasteiger partial charge in [0.25, 0.3) is 5.91 Å². The van der Waals surface area contributed by atoms with E-state index < -0.39 is 0 Å². The summed E-state index contributed by atoms with van der Waals surface area (Å²) in [5, 5.41) is 3.03. The topological polar surface area (TPSA) is 74.8 Å². The molecule has 0 bridgehead atoms. The number of H-pyrrole nitrogens is 1. The third kappa shape index (κ3) is 2.36. The van der Waals surface area contributed by atoms with Gasteiger partial charge in [-0.2, -0.15) is 0 Å². The molecule has 2 aromatic rings. The Morgan fingerprint density at radius 2 is 2.14 bits per heavy atom. The molecule has 6 heteroatoms. The van der Waals surface area contributed by atoms with Crippen molar-refractivity contribution in [3.8, 4) is 0 Å². The van der Waals surface area contributed by atoms with Gasteiger partial charge in [0.15, 0.2) is 5.78 Å². The lowest BCUT2D eigenvalue weighted by Crippen LogP contribution is -2.04. The Kier molecular flexibility index (Phi) is 3.14. The maximum absolute atomic E-state index is 12.1. The number of pyridine rings is 1. The van der Waals surface area contributed by atoms with Gasteiger partial charge in [0, 0.05) is 22.5 Å². The van der Waals surface area contributed by atoms with E-state index in [2.05, 4.69) is 15.3 Å². The molecule has 0 saturated heterocycles. The second kappa shape index (κ2) is 4.86. The first-order valence-electron chi connectivity index (χ1n) is 6.35. The molecule has 0 atom stereocenters. The number of aryl methyl sites for hydroxylation is 1. The Labute approximate surface area is 126 Å². The number of ketones is 1. The van der Waals surface area contributed by atoms with E-state index in [1.54, 1.807) is 18.2 Å². The Hall–Kier alpha value is -2.40. The second-order valence-corrected chi connectivity index (χ2v) is 5.29. The molecule has 3 rings (SSSR count). The van der Waals surface area contributed by atoms with Crippen LogP contribution in [0.25, 0.3) is 11.6 Å². The Morgan fingerprint density at radius 1 is 1.38 bits per heavy atom. The van der Waals surface area contributed by atoms with Crippen LogP contribution < -0.4 is 5.32 Å². The summed E-state index contributed by atoms with van der Waals surface area (Å²) >= 11 is 5.89. The van der Waals surface area contributed by atoms with Gasteiger partial charge >= 0.3 is 0 Å². The molecule has 0 aromatic carbocycles. The lowest BCUT2D eigenvalue weighted by Gasteiger charge is -1.99. The number of aromatic nitrogens is 2. The van der Waals surface area contributed by atoms with E-state index in [1.807, 2.05) is 6.92 Å². The number of rotatable bonds is 2. The summed E-state index contributed by atoms with van der Waals surface area (Å²) in [6.07, 6.45) is 3.18. The van der Waals surface area contributed by atoms with Crippen LogP contribution in [-0.2, 0) is 4.79 Å². The Bertz CT molecular complexity index is 805. The minimum Gasteiger partial charge on any atom is -0.359 e. The SMILES string of the molecule is CC(=O)c1cc(C)[nH]c1/C=C1\C(=O)Nc2cnc(Cl)cc21. The van der Waals surface area contributed by atoms with Crippen molar-refractivity contribution in [3.63, 3.8) is 0 Å². The fraction of sp³-hybridized carbons (Fsp3) is 0.133. The summed E-state index contributed by atoms with van der Waals surface area (Å²) in [6, 6.07) is 3.39. The van der Waals surface area contributed by atoms with Gasteiger partial charge in [-0.05, 0) is 32.1 Å². The maximum atomic E-state index is 12.1. The first-order chi connectivity index (χ1) is 9.95. The van der Waals surface area contributed by atoms with E-state index >= 15 is 0 Å². The molecule has 21 heavy (non-hydrogen) atoms. The number of carbonyl (C=O) groups excluding carboxylic acids is 2. The highest BCUT2D eigenvalue weighted by molar-refractivity contribution is 6.36. The molecule has 106 valence electrons. The highest BCUT2D eigenvalue weighted by atomic mass is 35.5. The van der Waals surface area contributed by atoms with E-state index in [0.717, 1.165) is 5.69 Å². The number of fused-ring (bicyclic) bond motifs is 1. The van der Waals surface area contributed by atoms with Crippen LogP contribution in [0.4, 0.5) is 5.69 Å². The molecule has 0 unspecified atom stereocenters. The highest BCUT2D eigenvalue weighted by Gasteiger charge is 2.25. The predicted molar refractivity (Wildman–Crippen MR) is 81.3 cm³/mol. The first-order valence-corrected chi connectivity index (χ1v) is 6.73. The number of Topliss-reactive ketones (excluding diaryl/α,β-unsaturated/α-hetero) is 1. The number of nitrogens with zero attached hydrogens (tertiary/aromatic N) is 1. The van der Waals surface area contributed by atoms with Crippen molar-refractivity contribution in [3.05, 3.63) is 46.0 Å². The standard InChI is InChI=1S/C15H12ClN3O2/c1-7-3-9(8(2)20)12(18-7)4-11-10-5-14(16)17-6-13(10)19-15(11)21/h3-6,18H,1-2H3,(H,19,21)/b11-4-. The Balaban J connectivity index is 2.15. The molecular formula is C15H12ClN3O2. The van der Waals surface area contributed by atoms with Crippen molar-refractivity contribution in [2.24, 2.45) is 0 Å². The number of hydrogen-bond donors (Lipinski definition) is 2. The summed E-state index contributed by atoms with van der Waals surface area (Å²) in [5.41, 5.74) is 3.79. The van der Waals surface area contributed by atoms with Gasteiger partial charge in [-0.25, -0.2) is 4.98 Å². The number of hydrogen-bond acceptors (Lipinski definition) is 3. The van der Waals surface area contributed by atoms with Crippen LogP contribution in [0.2, 0.25) is 5.15 Å². The lowest BCUT2D eigenvalue weighted by atomic mass is 10.1. The van der Waals surface area contributed by atoms with Gasteiger partial charge in [0.1, 0.15) is 5.15 Å². The first kappa shape index (κ1) is 13.6. The van der Waals surface area contributed by atoms with Crippen LogP contribution in [0.3, 0.4) is 0 Å². The average molecular weight is 302 g/mol. The number of anilines is 1. The second-order valence-electron chi connectivity index (χ2n) is 4.90. The van der Waals surface area contributed by atoms with E-state index in [0.29, 0.717) is 33.2 Å². The molecule has 0 spiro atoms. The lowest BCUT2D eigenvalue weighted by molar-refractivity contribution is -0.110. The van der Waals surface area contributed by atoms with Crippen molar-refractivity contribution in [2.45, 2.75) is 13.8 Å². The monoisotopic (exact) mass is 301 g/mol. The zero-order chi connectivity index (χ0) is 15.1. The third-order valence-electron chi connectivity index (χ3n) is 3.30. The van der Waals surface area contributed by atoms with Crippen LogP contribution in [-0.4, -0.2) is 21.7 Å². The molecular weight excluding hydrogens is 290 g/mol. The number of aromatic amines is 1. The van der Waals surface area contributed by atoms with E-state index in [9.17, 15) is 9.59 Å². The minimum atomic E-state index is -0.240. The van der Waals surface area contributed by atoms with E-state index in [-0.39, 0.29) is 11.7 Å². The van der Waals surface area contributed by atoms with Crippen LogP contribution in [0.5, 0.6) is 0 Å². The number of nitrogens with one attached hydrogen (secondary N) is 2. The van der Waals surface area contributed by atoms with Gasteiger partial charge in [-0.1, -0.05) is 11.6 Å². The third-order valence-corrected chi connectivity index (χ3v) is 3.51. The fourth-order valence-electron chi connectivity index (χ4n) is 2.37. The molecule has 0 radical (unpaired) electrons. The zero-order valence-electron chi connectivity index (χ0n) is 11.5. The molecule has 5 nitrogen and oxygen atoms in total. The van der Waals surface area contributed by atoms with Crippen LogP contribution in [0.15, 0.2) is 18.3 Å². The van der Waals surface area contributed by atoms with E-state index in [1.165, 1.54) is 13.1 Å². The van der Waals surface area contributed by atoms with Gasteiger partial charge in [0.2, 0.25) is 0 Å². The smallest absolute Gasteiger partial charge is 0.256 e. The normalized spacial score (nSPS) is 15.2. The molecule has 3 heterocycles. The quantitative estimate of drug-likeness (QED) is 0.508. The molecule has 0 saturated carbocycles. The van der Waals surface area contributed by atoms with Crippen molar-refractivity contribution in [1.82, 2.24) is 9.97 Å². The van der Waals surface area contributed by atoms with E-state index in [4.69, 9.17) is 11.6 Å². The van der Waals surface area contributed by atoms with Gasteiger partial charge < -0.3 is 10.3 Å². The number of amides is 1. The largest absolute Gasteiger partial charge is 0.359 e. The van der Waals surface area contributed by atoms with Crippen molar-refractivity contribution < 1.29 is 9.59 Å². The van der Waals surface area contributed by atoms with Gasteiger partial charge in [-0.15, -0.1) is 0 Å². The molecule has 1 amide bonds. The summed E-state index contributed by atoms with van der Waals surface area (Å²) in [7, 11) is 0. The summed E-state index contributed by atoms with van der Waals surface area (Å²) in [4.78, 5) is 30.8. The van der Waals surface area contributed by atoms with Crippen molar-refractivity contribution >= 4 is 40.6 Å². The molecule has 1 aliphatic heterocycles. The van der Waals surface area contributed by atoms with Crippen molar-refractivity contribution in [2.75, 3.05) is 5.32 Å². The summed E-state index contributed by atoms with van der Waals surface area (Å²) in [5.74, 6) is -0.298. The predicted octanol–water partition coefficient (Wildman–Crippen LogP) is 3.07. The Morgan fingerprint density at radius 3 is 2.86 bits per heavy atom. The van der Waals surface area contributed by atoms with Gasteiger partial charge in [0.05, 0.1) is 17.5 Å². The maximum Gasteiger partial charge on any atom is 0.256 e. The molecule has 0 fully saturated rings. The molecule has 0 aliphatic carbocycles. The summed E-state index contributed by atoms with van der Waals surface area (Å²) in [6.45, 7) is 3.35. The van der Waals surface area contributed by atoms with Crippen LogP contribution in [0, 0.1) is 6.92 Å². The molecule has 1 aliphatic rings. The average Bonchev–Trinajstić information content (AvgIpc) is 2.92. The minimum absolute atomic E-state index is 0.0578. The van der Waals surface area contributed by atoms with Crippen LogP contribution in [0.1, 0.15) is 34.2 Å². The zero-order valence-corrected chi connectivity index (χ0v) is 12.2. The summed E-state index contributed by atoms with van der Waals surface area (Å²) < 4.78 is 0. The fourth-order valence-corrected chi connectivity index (χ4v) is 2.53. The van der Waals surface area contributed by atoms with Crippen molar-refractivity contribution in [1.29, 1.82) is 0 Å². The number of carbonyl (C=O) groups is 2. The van der Waals surface area contributed by atoms with Crippen LogP contribution >= 0.6 is 11.6 Å². The number of halogens is 1.